The van der Waals surface area contributed by atoms with Crippen LogP contribution in [0, 0.1) is 0 Å². The van der Waals surface area contributed by atoms with Crippen molar-refractivity contribution < 1.29 is 18.0 Å². The number of primary amides is 1. The monoisotopic (exact) mass is 338 g/mol. The van der Waals surface area contributed by atoms with Gasteiger partial charge >= 0.3 is 6.03 Å². The SMILES string of the molecule is C[Si](C)(C)CCS(=O)(=O)NC(=O)[C@@H](N)CCCNC(N)=O. The third-order valence-electron chi connectivity index (χ3n) is 2.70. The van der Waals surface area contributed by atoms with Crippen LogP contribution in [0.1, 0.15) is 12.8 Å². The van der Waals surface area contributed by atoms with E-state index >= 15 is 0 Å². The van der Waals surface area contributed by atoms with Crippen molar-refractivity contribution in [1.29, 1.82) is 0 Å². The highest BCUT2D eigenvalue weighted by atomic mass is 32.2. The van der Waals surface area contributed by atoms with E-state index in [0.29, 0.717) is 19.0 Å². The van der Waals surface area contributed by atoms with Crippen LogP contribution in [0.25, 0.3) is 0 Å². The van der Waals surface area contributed by atoms with Gasteiger partial charge in [-0.1, -0.05) is 19.6 Å². The fraction of sp³-hybridized carbons (Fsp3) is 0.818. The second-order valence-corrected chi connectivity index (χ2v) is 13.6. The number of nitrogens with one attached hydrogen (secondary N) is 2. The highest BCUT2D eigenvalue weighted by molar-refractivity contribution is 7.90. The second kappa shape index (κ2) is 8.34. The molecule has 1 atom stereocenters. The van der Waals surface area contributed by atoms with Crippen LogP contribution in [0.3, 0.4) is 0 Å². The van der Waals surface area contributed by atoms with Crippen LogP contribution >= 0.6 is 0 Å². The molecule has 10 heteroatoms. The van der Waals surface area contributed by atoms with Crippen molar-refractivity contribution in [3.63, 3.8) is 0 Å². The molecule has 124 valence electrons. The van der Waals surface area contributed by atoms with Crippen LogP contribution in [-0.2, 0) is 14.8 Å². The summed E-state index contributed by atoms with van der Waals surface area (Å²) in [4.78, 5) is 22.1. The Morgan fingerprint density at radius 2 is 1.81 bits per heavy atom. The van der Waals surface area contributed by atoms with Crippen LogP contribution in [-0.4, -0.2) is 46.8 Å². The largest absolute Gasteiger partial charge is 0.352 e. The fourth-order valence-electron chi connectivity index (χ4n) is 1.39. The van der Waals surface area contributed by atoms with Crippen LogP contribution in [0.2, 0.25) is 25.7 Å². The van der Waals surface area contributed by atoms with Gasteiger partial charge in [0.05, 0.1) is 11.8 Å². The zero-order chi connectivity index (χ0) is 16.7. The Morgan fingerprint density at radius 3 is 2.29 bits per heavy atom. The van der Waals surface area contributed by atoms with Gasteiger partial charge in [0.15, 0.2) is 0 Å². The molecular formula is C11H26N4O4SSi. The molecule has 3 amide bonds. The topological polar surface area (TPSA) is 144 Å². The summed E-state index contributed by atoms with van der Waals surface area (Å²) >= 11 is 0. The van der Waals surface area contributed by atoms with E-state index in [2.05, 4.69) is 25.0 Å². The van der Waals surface area contributed by atoms with Gasteiger partial charge in [-0.3, -0.25) is 9.52 Å². The minimum absolute atomic E-state index is 0.0651. The van der Waals surface area contributed by atoms with Crippen LogP contribution in [0.5, 0.6) is 0 Å². The third kappa shape index (κ3) is 11.2. The lowest BCUT2D eigenvalue weighted by Crippen LogP contribution is -2.45. The van der Waals surface area contributed by atoms with Crippen molar-refractivity contribution in [3.8, 4) is 0 Å². The number of sulfonamides is 1. The number of carbonyl (C=O) groups is 2. The zero-order valence-electron chi connectivity index (χ0n) is 12.8. The maximum Gasteiger partial charge on any atom is 0.312 e. The van der Waals surface area contributed by atoms with Crippen molar-refractivity contribution in [2.24, 2.45) is 11.5 Å². The van der Waals surface area contributed by atoms with Gasteiger partial charge in [0.1, 0.15) is 0 Å². The van der Waals surface area contributed by atoms with E-state index in [1.54, 1.807) is 0 Å². The molecule has 0 saturated heterocycles. The molecule has 0 aliphatic carbocycles. The molecule has 8 nitrogen and oxygen atoms in total. The number of nitrogens with two attached hydrogens (primary N) is 2. The molecule has 6 N–H and O–H groups in total. The predicted octanol–water partition coefficient (Wildman–Crippen LogP) is -0.454. The summed E-state index contributed by atoms with van der Waals surface area (Å²) < 4.78 is 25.5. The maximum atomic E-state index is 11.8. The number of hydrogen-bond donors (Lipinski definition) is 4. The van der Waals surface area contributed by atoms with Gasteiger partial charge in [0.25, 0.3) is 0 Å². The van der Waals surface area contributed by atoms with Crippen LogP contribution in [0.4, 0.5) is 4.79 Å². The summed E-state index contributed by atoms with van der Waals surface area (Å²) in [5.41, 5.74) is 10.5. The number of rotatable bonds is 9. The first-order valence-corrected chi connectivity index (χ1v) is 12.1. The molecule has 0 aliphatic rings. The number of hydrogen-bond acceptors (Lipinski definition) is 5. The molecule has 0 aromatic heterocycles. The van der Waals surface area contributed by atoms with Gasteiger partial charge in [-0.2, -0.15) is 0 Å². The smallest absolute Gasteiger partial charge is 0.312 e. The predicted molar refractivity (Wildman–Crippen MR) is 84.9 cm³/mol. The molecule has 0 radical (unpaired) electrons. The van der Waals surface area contributed by atoms with Crippen molar-refractivity contribution in [3.05, 3.63) is 0 Å². The quantitative estimate of drug-likeness (QED) is 0.332. The lowest BCUT2D eigenvalue weighted by Gasteiger charge is -2.17. The van der Waals surface area contributed by atoms with E-state index in [0.717, 1.165) is 0 Å². The van der Waals surface area contributed by atoms with Crippen LogP contribution < -0.4 is 21.5 Å². The van der Waals surface area contributed by atoms with Crippen LogP contribution in [0.15, 0.2) is 0 Å². The average molecular weight is 339 g/mol. The number of carbonyl (C=O) groups excluding carboxylic acids is 2. The average Bonchev–Trinajstić information content (AvgIpc) is 2.30. The molecule has 21 heavy (non-hydrogen) atoms. The van der Waals surface area contributed by atoms with E-state index in [1.807, 2.05) is 4.72 Å². The van der Waals surface area contributed by atoms with Crippen molar-refractivity contribution in [2.45, 2.75) is 44.6 Å². The van der Waals surface area contributed by atoms with Crippen molar-refractivity contribution in [2.75, 3.05) is 12.3 Å². The highest BCUT2D eigenvalue weighted by Gasteiger charge is 2.23. The minimum Gasteiger partial charge on any atom is -0.352 e. The molecule has 0 rings (SSSR count). The molecule has 0 fully saturated rings. The number of urea groups is 1. The minimum atomic E-state index is -3.64. The molecule has 0 aliphatic heterocycles. The van der Waals surface area contributed by atoms with Gasteiger partial charge in [-0.15, -0.1) is 0 Å². The number of amides is 3. The second-order valence-electron chi connectivity index (χ2n) is 6.14. The Morgan fingerprint density at radius 1 is 1.24 bits per heavy atom. The summed E-state index contributed by atoms with van der Waals surface area (Å²) in [6.45, 7) is 6.46. The Kier molecular flexibility index (Phi) is 7.89. The molecule has 0 spiro atoms. The Labute approximate surface area is 127 Å². The molecule has 0 unspecified atom stereocenters. The van der Waals surface area contributed by atoms with Gasteiger partial charge in [0.2, 0.25) is 15.9 Å². The lowest BCUT2D eigenvalue weighted by atomic mass is 10.1. The normalized spacial score (nSPS) is 13.5. The molecular weight excluding hydrogens is 312 g/mol. The summed E-state index contributed by atoms with van der Waals surface area (Å²) in [6.07, 6.45) is 0.697. The lowest BCUT2D eigenvalue weighted by molar-refractivity contribution is -0.120. The summed E-state index contributed by atoms with van der Waals surface area (Å²) in [5.74, 6) is -0.783. The molecule has 0 aromatic carbocycles. The summed E-state index contributed by atoms with van der Waals surface area (Å²) in [6, 6.07) is -1.00. The van der Waals surface area contributed by atoms with E-state index in [9.17, 15) is 18.0 Å². The molecule has 0 heterocycles. The van der Waals surface area contributed by atoms with Gasteiger partial charge in [-0.05, 0) is 18.9 Å². The Bertz CT molecular complexity index is 461. The molecule has 0 aromatic rings. The van der Waals surface area contributed by atoms with Gasteiger partial charge in [0, 0.05) is 14.6 Å². The first kappa shape index (κ1) is 19.9. The summed E-state index contributed by atoms with van der Waals surface area (Å²) in [7, 11) is -5.13. The molecule has 0 saturated carbocycles. The van der Waals surface area contributed by atoms with Gasteiger partial charge < -0.3 is 16.8 Å². The van der Waals surface area contributed by atoms with Gasteiger partial charge in [-0.25, -0.2) is 13.2 Å². The Balaban J connectivity index is 4.18. The molecule has 0 bridgehead atoms. The fourth-order valence-corrected chi connectivity index (χ4v) is 5.47. The van der Waals surface area contributed by atoms with E-state index < -0.39 is 36.1 Å². The van der Waals surface area contributed by atoms with Crippen molar-refractivity contribution >= 4 is 30.0 Å². The van der Waals surface area contributed by atoms with E-state index in [-0.39, 0.29) is 12.2 Å². The first-order chi connectivity index (χ1) is 9.43. The zero-order valence-corrected chi connectivity index (χ0v) is 14.6. The van der Waals surface area contributed by atoms with E-state index in [1.165, 1.54) is 0 Å². The Hall–Kier alpha value is -1.13. The highest BCUT2D eigenvalue weighted by Crippen LogP contribution is 2.09. The standard InChI is InChI=1S/C11H26N4O4SSi/c1-21(2,3)8-7-20(18,19)15-10(16)9(12)5-4-6-14-11(13)17/h9H,4-8,12H2,1-3H3,(H,15,16)(H3,13,14,17)/t9-/m0/s1. The van der Waals surface area contributed by atoms with Crippen molar-refractivity contribution in [1.82, 2.24) is 10.0 Å². The summed E-state index contributed by atoms with van der Waals surface area (Å²) in [5, 5.41) is 2.36. The maximum absolute atomic E-state index is 11.8. The van der Waals surface area contributed by atoms with E-state index in [4.69, 9.17) is 11.5 Å². The first-order valence-electron chi connectivity index (χ1n) is 6.76. The third-order valence-corrected chi connectivity index (χ3v) is 6.07.